The van der Waals surface area contributed by atoms with Crippen LogP contribution in [0, 0.1) is 0 Å². The minimum Gasteiger partial charge on any atom is -0.367 e. The molecule has 1 aromatic carbocycles. The predicted octanol–water partition coefficient (Wildman–Crippen LogP) is 4.11. The van der Waals surface area contributed by atoms with E-state index in [-0.39, 0.29) is 11.1 Å². The number of nitrogens with one attached hydrogen (secondary N) is 2. The van der Waals surface area contributed by atoms with Gasteiger partial charge in [-0.3, -0.25) is 4.68 Å². The molecule has 1 aliphatic rings. The average molecular weight is 391 g/mol. The summed E-state index contributed by atoms with van der Waals surface area (Å²) in [5.74, 6) is 1.56. The minimum absolute atomic E-state index is 0.0911. The molecule has 2 N–H and O–H groups in total. The van der Waals surface area contributed by atoms with Gasteiger partial charge in [0.1, 0.15) is 5.82 Å². The van der Waals surface area contributed by atoms with Gasteiger partial charge in [0.15, 0.2) is 5.82 Å². The first-order valence-corrected chi connectivity index (χ1v) is 10.2. The van der Waals surface area contributed by atoms with Gasteiger partial charge < -0.3 is 10.6 Å². The maximum Gasteiger partial charge on any atom is 0.164 e. The first kappa shape index (κ1) is 19.6. The van der Waals surface area contributed by atoms with E-state index in [0.29, 0.717) is 11.9 Å². The maximum atomic E-state index is 4.76. The molecule has 1 fully saturated rings. The molecular formula is C23H30N6. The lowest BCUT2D eigenvalue weighted by Gasteiger charge is -2.46. The summed E-state index contributed by atoms with van der Waals surface area (Å²) in [4.78, 5) is 9.22. The molecule has 1 aliphatic heterocycles. The van der Waals surface area contributed by atoms with Gasteiger partial charge in [0, 0.05) is 29.5 Å². The van der Waals surface area contributed by atoms with E-state index in [1.165, 1.54) is 5.56 Å². The zero-order chi connectivity index (χ0) is 20.5. The van der Waals surface area contributed by atoms with Gasteiger partial charge in [-0.25, -0.2) is 9.97 Å². The van der Waals surface area contributed by atoms with Crippen molar-refractivity contribution in [1.29, 1.82) is 0 Å². The number of rotatable bonds is 5. The van der Waals surface area contributed by atoms with Gasteiger partial charge in [0.05, 0.1) is 18.3 Å². The minimum atomic E-state index is 0.0911. The van der Waals surface area contributed by atoms with E-state index in [0.717, 1.165) is 30.8 Å². The van der Waals surface area contributed by atoms with Gasteiger partial charge in [-0.2, -0.15) is 5.10 Å². The van der Waals surface area contributed by atoms with Crippen molar-refractivity contribution in [2.24, 2.45) is 0 Å². The summed E-state index contributed by atoms with van der Waals surface area (Å²) >= 11 is 0. The van der Waals surface area contributed by atoms with Gasteiger partial charge in [0.25, 0.3) is 0 Å². The second kappa shape index (κ2) is 7.59. The van der Waals surface area contributed by atoms with Crippen LogP contribution in [0.2, 0.25) is 0 Å². The summed E-state index contributed by atoms with van der Waals surface area (Å²) in [5.41, 5.74) is 2.33. The summed E-state index contributed by atoms with van der Waals surface area (Å²) in [6.07, 6.45) is 7.74. The highest BCUT2D eigenvalue weighted by atomic mass is 15.3. The third-order valence-electron chi connectivity index (χ3n) is 5.28. The first-order chi connectivity index (χ1) is 13.8. The van der Waals surface area contributed by atoms with Crippen molar-refractivity contribution in [3.63, 3.8) is 0 Å². The fraction of sp³-hybridized carbons (Fsp3) is 0.435. The van der Waals surface area contributed by atoms with Crippen LogP contribution in [-0.4, -0.2) is 36.9 Å². The number of benzene rings is 1. The monoisotopic (exact) mass is 390 g/mol. The van der Waals surface area contributed by atoms with Crippen molar-refractivity contribution in [2.75, 3.05) is 5.32 Å². The summed E-state index contributed by atoms with van der Waals surface area (Å²) in [6, 6.07) is 12.6. The average Bonchev–Trinajstić information content (AvgIpc) is 3.08. The molecule has 2 aromatic heterocycles. The Morgan fingerprint density at radius 1 is 1.07 bits per heavy atom. The Morgan fingerprint density at radius 3 is 2.52 bits per heavy atom. The molecule has 4 rings (SSSR count). The van der Waals surface area contributed by atoms with E-state index in [1.807, 2.05) is 47.5 Å². The number of piperidine rings is 1. The van der Waals surface area contributed by atoms with Crippen molar-refractivity contribution in [3.8, 4) is 11.4 Å². The Bertz CT molecular complexity index is 944. The van der Waals surface area contributed by atoms with Gasteiger partial charge in [-0.05, 0) is 52.2 Å². The zero-order valence-electron chi connectivity index (χ0n) is 17.7. The molecule has 0 aliphatic carbocycles. The maximum absolute atomic E-state index is 4.76. The van der Waals surface area contributed by atoms with E-state index in [1.54, 1.807) is 0 Å². The van der Waals surface area contributed by atoms with Crippen LogP contribution in [-0.2, 0) is 6.54 Å². The SMILES string of the molecule is CC1(C)CC(Nc2ccnc(-c3cnn(Cc4ccccc4)c3)n2)CC(C)(C)N1. The molecule has 0 unspecified atom stereocenters. The van der Waals surface area contributed by atoms with Crippen molar-refractivity contribution in [1.82, 2.24) is 25.1 Å². The lowest BCUT2D eigenvalue weighted by atomic mass is 9.79. The lowest BCUT2D eigenvalue weighted by molar-refractivity contribution is 0.170. The molecule has 29 heavy (non-hydrogen) atoms. The molecule has 152 valence electrons. The van der Waals surface area contributed by atoms with E-state index in [2.05, 4.69) is 60.5 Å². The Balaban J connectivity index is 1.48. The fourth-order valence-corrected chi connectivity index (χ4v) is 4.55. The largest absolute Gasteiger partial charge is 0.367 e. The summed E-state index contributed by atoms with van der Waals surface area (Å²) in [5, 5.41) is 11.8. The van der Waals surface area contributed by atoms with E-state index < -0.39 is 0 Å². The Morgan fingerprint density at radius 2 is 1.79 bits per heavy atom. The molecule has 0 spiro atoms. The quantitative estimate of drug-likeness (QED) is 0.686. The number of hydrogen-bond donors (Lipinski definition) is 2. The Labute approximate surface area is 172 Å². The van der Waals surface area contributed by atoms with Crippen molar-refractivity contribution in [2.45, 2.75) is 64.2 Å². The molecule has 0 saturated carbocycles. The van der Waals surface area contributed by atoms with Crippen LogP contribution in [0.25, 0.3) is 11.4 Å². The molecule has 3 heterocycles. The van der Waals surface area contributed by atoms with Crippen LogP contribution in [0.5, 0.6) is 0 Å². The van der Waals surface area contributed by atoms with E-state index in [4.69, 9.17) is 4.98 Å². The van der Waals surface area contributed by atoms with Crippen LogP contribution in [0.1, 0.15) is 46.1 Å². The van der Waals surface area contributed by atoms with Gasteiger partial charge >= 0.3 is 0 Å². The molecule has 0 amide bonds. The normalized spacial score (nSPS) is 18.5. The highest BCUT2D eigenvalue weighted by Crippen LogP contribution is 2.30. The molecule has 3 aromatic rings. The highest BCUT2D eigenvalue weighted by Gasteiger charge is 2.37. The molecule has 0 atom stereocenters. The lowest BCUT2D eigenvalue weighted by Crippen LogP contribution is -2.60. The molecule has 0 bridgehead atoms. The second-order valence-corrected chi connectivity index (χ2v) is 9.32. The second-order valence-electron chi connectivity index (χ2n) is 9.32. The van der Waals surface area contributed by atoms with Crippen LogP contribution in [0.15, 0.2) is 55.0 Å². The van der Waals surface area contributed by atoms with Crippen LogP contribution < -0.4 is 10.6 Å². The van der Waals surface area contributed by atoms with E-state index in [9.17, 15) is 0 Å². The number of aromatic nitrogens is 4. The topological polar surface area (TPSA) is 67.7 Å². The first-order valence-electron chi connectivity index (χ1n) is 10.2. The smallest absolute Gasteiger partial charge is 0.164 e. The molecule has 1 saturated heterocycles. The number of hydrogen-bond acceptors (Lipinski definition) is 5. The zero-order valence-corrected chi connectivity index (χ0v) is 17.7. The Hall–Kier alpha value is -2.73. The fourth-order valence-electron chi connectivity index (χ4n) is 4.55. The van der Waals surface area contributed by atoms with Gasteiger partial charge in [-0.15, -0.1) is 0 Å². The van der Waals surface area contributed by atoms with Crippen LogP contribution in [0.3, 0.4) is 0 Å². The number of anilines is 1. The van der Waals surface area contributed by atoms with E-state index >= 15 is 0 Å². The molecule has 6 heteroatoms. The van der Waals surface area contributed by atoms with Crippen LogP contribution >= 0.6 is 0 Å². The van der Waals surface area contributed by atoms with Crippen LogP contribution in [0.4, 0.5) is 5.82 Å². The molecule has 0 radical (unpaired) electrons. The van der Waals surface area contributed by atoms with Crippen molar-refractivity contribution >= 4 is 5.82 Å². The van der Waals surface area contributed by atoms with Gasteiger partial charge in [0.2, 0.25) is 0 Å². The summed E-state index contributed by atoms with van der Waals surface area (Å²) < 4.78 is 1.92. The van der Waals surface area contributed by atoms with Crippen molar-refractivity contribution in [3.05, 3.63) is 60.6 Å². The summed E-state index contributed by atoms with van der Waals surface area (Å²) in [6.45, 7) is 9.77. The van der Waals surface area contributed by atoms with Gasteiger partial charge in [-0.1, -0.05) is 30.3 Å². The highest BCUT2D eigenvalue weighted by molar-refractivity contribution is 5.54. The predicted molar refractivity (Wildman–Crippen MR) is 117 cm³/mol. The summed E-state index contributed by atoms with van der Waals surface area (Å²) in [7, 11) is 0. The van der Waals surface area contributed by atoms with Crippen molar-refractivity contribution < 1.29 is 0 Å². The molecule has 6 nitrogen and oxygen atoms in total. The molecular weight excluding hydrogens is 360 g/mol. The number of nitrogens with zero attached hydrogens (tertiary/aromatic N) is 4. The third-order valence-corrected chi connectivity index (χ3v) is 5.28. The standard InChI is InChI=1S/C23H30N6/c1-22(2)12-19(13-23(3,4)28-22)26-20-10-11-24-21(27-20)18-14-25-29(16-18)15-17-8-6-5-7-9-17/h5-11,14,16,19,28H,12-13,15H2,1-4H3,(H,24,26,27). The third kappa shape index (κ3) is 5.01. The Kier molecular flexibility index (Phi) is 5.13.